The maximum atomic E-state index is 12.4. The first-order valence-corrected chi connectivity index (χ1v) is 9.86. The normalized spacial score (nSPS) is 11.8. The summed E-state index contributed by atoms with van der Waals surface area (Å²) in [6.07, 6.45) is -0.220. The number of carbonyl (C=O) groups is 2. The van der Waals surface area contributed by atoms with Crippen molar-refractivity contribution < 1.29 is 19.4 Å². The molecule has 30 heavy (non-hydrogen) atoms. The zero-order valence-corrected chi connectivity index (χ0v) is 16.7. The molecule has 0 bridgehead atoms. The van der Waals surface area contributed by atoms with Crippen LogP contribution in [0.1, 0.15) is 23.1 Å². The summed E-state index contributed by atoms with van der Waals surface area (Å²) in [4.78, 5) is 26.3. The summed E-state index contributed by atoms with van der Waals surface area (Å²) in [6.45, 7) is 0.959. The highest BCUT2D eigenvalue weighted by Gasteiger charge is 2.29. The monoisotopic (exact) mass is 403 g/mol. The van der Waals surface area contributed by atoms with Crippen LogP contribution >= 0.6 is 0 Å². The topological polar surface area (TPSA) is 66.8 Å². The van der Waals surface area contributed by atoms with E-state index in [1.165, 1.54) is 0 Å². The number of ether oxygens (including phenoxy) is 1. The predicted molar refractivity (Wildman–Crippen MR) is 114 cm³/mol. The summed E-state index contributed by atoms with van der Waals surface area (Å²) in [5.74, 6) is -1.57. The number of esters is 1. The second-order valence-corrected chi connectivity index (χ2v) is 7.08. The Morgan fingerprint density at radius 2 is 1.17 bits per heavy atom. The SMILES string of the molecule is O=C(C[C@@H](C(=O)O)N(Cc1ccccc1)Cc1ccccc1)OCc1ccccc1. The maximum absolute atomic E-state index is 12.4. The second-order valence-electron chi connectivity index (χ2n) is 7.08. The molecule has 0 amide bonds. The van der Waals surface area contributed by atoms with Gasteiger partial charge in [0.25, 0.3) is 0 Å². The van der Waals surface area contributed by atoms with E-state index in [0.29, 0.717) is 13.1 Å². The van der Waals surface area contributed by atoms with Gasteiger partial charge in [-0.1, -0.05) is 91.0 Å². The molecule has 5 heteroatoms. The molecule has 0 heterocycles. The van der Waals surface area contributed by atoms with Gasteiger partial charge in [0.2, 0.25) is 0 Å². The fourth-order valence-corrected chi connectivity index (χ4v) is 3.24. The molecule has 0 aromatic heterocycles. The third-order valence-corrected chi connectivity index (χ3v) is 4.79. The van der Waals surface area contributed by atoms with Crippen LogP contribution in [0.2, 0.25) is 0 Å². The van der Waals surface area contributed by atoms with E-state index in [0.717, 1.165) is 16.7 Å². The number of hydrogen-bond donors (Lipinski definition) is 1. The highest BCUT2D eigenvalue weighted by Crippen LogP contribution is 2.17. The second kappa shape index (κ2) is 10.9. The summed E-state index contributed by atoms with van der Waals surface area (Å²) in [7, 11) is 0. The largest absolute Gasteiger partial charge is 0.480 e. The summed E-state index contributed by atoms with van der Waals surface area (Å²) in [5.41, 5.74) is 2.83. The number of benzene rings is 3. The molecule has 0 unspecified atom stereocenters. The fraction of sp³-hybridized carbons (Fsp3) is 0.200. The fourth-order valence-electron chi connectivity index (χ4n) is 3.24. The van der Waals surface area contributed by atoms with Gasteiger partial charge in [0.15, 0.2) is 0 Å². The van der Waals surface area contributed by atoms with E-state index in [1.54, 1.807) is 4.90 Å². The van der Waals surface area contributed by atoms with Crippen molar-refractivity contribution in [1.82, 2.24) is 4.90 Å². The molecular formula is C25H25NO4. The molecule has 3 aromatic rings. The Kier molecular flexibility index (Phi) is 7.75. The Balaban J connectivity index is 1.72. The molecule has 1 atom stereocenters. The molecule has 0 aliphatic rings. The molecule has 0 spiro atoms. The number of rotatable bonds is 10. The quantitative estimate of drug-likeness (QED) is 0.512. The minimum atomic E-state index is -1.04. The summed E-state index contributed by atoms with van der Waals surface area (Å²) < 4.78 is 5.33. The highest BCUT2D eigenvalue weighted by atomic mass is 16.5. The number of carboxylic acid groups (broad SMARTS) is 1. The van der Waals surface area contributed by atoms with Gasteiger partial charge in [-0.25, -0.2) is 0 Å². The van der Waals surface area contributed by atoms with Gasteiger partial charge < -0.3 is 9.84 Å². The average Bonchev–Trinajstić information content (AvgIpc) is 2.77. The van der Waals surface area contributed by atoms with Gasteiger partial charge in [-0.3, -0.25) is 14.5 Å². The summed E-state index contributed by atoms with van der Waals surface area (Å²) in [6, 6.07) is 27.6. The molecule has 5 nitrogen and oxygen atoms in total. The Hall–Kier alpha value is -3.44. The molecule has 3 aromatic carbocycles. The molecule has 0 saturated carbocycles. The first kappa shape index (κ1) is 21.3. The lowest BCUT2D eigenvalue weighted by Gasteiger charge is -2.28. The predicted octanol–water partition coefficient (Wildman–Crippen LogP) is 4.28. The molecule has 0 fully saturated rings. The van der Waals surface area contributed by atoms with Crippen LogP contribution in [0.3, 0.4) is 0 Å². The Morgan fingerprint density at radius 1 is 0.733 bits per heavy atom. The van der Waals surface area contributed by atoms with Crippen LogP contribution in [0.15, 0.2) is 91.0 Å². The van der Waals surface area contributed by atoms with Gasteiger partial charge >= 0.3 is 11.9 Å². The minimum absolute atomic E-state index is 0.128. The van der Waals surface area contributed by atoms with Crippen LogP contribution in [0.4, 0.5) is 0 Å². The van der Waals surface area contributed by atoms with E-state index < -0.39 is 18.0 Å². The molecule has 0 aliphatic carbocycles. The van der Waals surface area contributed by atoms with Crippen molar-refractivity contribution in [2.24, 2.45) is 0 Å². The van der Waals surface area contributed by atoms with Crippen molar-refractivity contribution in [2.45, 2.75) is 32.2 Å². The number of hydrogen-bond acceptors (Lipinski definition) is 4. The van der Waals surface area contributed by atoms with Crippen LogP contribution in [0.25, 0.3) is 0 Å². The van der Waals surface area contributed by atoms with Crippen LogP contribution in [-0.2, 0) is 34.0 Å². The van der Waals surface area contributed by atoms with Crippen LogP contribution in [0.5, 0.6) is 0 Å². The highest BCUT2D eigenvalue weighted by molar-refractivity contribution is 5.81. The Bertz CT molecular complexity index is 888. The van der Waals surface area contributed by atoms with Gasteiger partial charge in [0.1, 0.15) is 12.6 Å². The van der Waals surface area contributed by atoms with E-state index in [-0.39, 0.29) is 13.0 Å². The number of aliphatic carboxylic acids is 1. The molecule has 3 rings (SSSR count). The molecule has 0 saturated heterocycles. The summed E-state index contributed by atoms with van der Waals surface area (Å²) in [5, 5.41) is 9.88. The van der Waals surface area contributed by atoms with Gasteiger partial charge in [-0.05, 0) is 16.7 Å². The first-order valence-electron chi connectivity index (χ1n) is 9.86. The van der Waals surface area contributed by atoms with E-state index in [4.69, 9.17) is 4.74 Å². The third kappa shape index (κ3) is 6.57. The molecular weight excluding hydrogens is 378 g/mol. The lowest BCUT2D eigenvalue weighted by Crippen LogP contribution is -2.42. The smallest absolute Gasteiger partial charge is 0.321 e. The van der Waals surface area contributed by atoms with Crippen LogP contribution in [0, 0.1) is 0 Å². The van der Waals surface area contributed by atoms with Gasteiger partial charge in [-0.2, -0.15) is 0 Å². The van der Waals surface area contributed by atoms with E-state index >= 15 is 0 Å². The number of carbonyl (C=O) groups excluding carboxylic acids is 1. The van der Waals surface area contributed by atoms with E-state index in [9.17, 15) is 14.7 Å². The lowest BCUT2D eigenvalue weighted by molar-refractivity contribution is -0.154. The van der Waals surface area contributed by atoms with E-state index in [1.807, 2.05) is 91.0 Å². The zero-order chi connectivity index (χ0) is 21.2. The van der Waals surface area contributed by atoms with Crippen LogP contribution < -0.4 is 0 Å². The minimum Gasteiger partial charge on any atom is -0.480 e. The third-order valence-electron chi connectivity index (χ3n) is 4.79. The van der Waals surface area contributed by atoms with Gasteiger partial charge in [0, 0.05) is 13.1 Å². The first-order chi connectivity index (χ1) is 14.6. The van der Waals surface area contributed by atoms with Crippen LogP contribution in [-0.4, -0.2) is 28.0 Å². The van der Waals surface area contributed by atoms with Gasteiger partial charge in [-0.15, -0.1) is 0 Å². The van der Waals surface area contributed by atoms with Crippen molar-refractivity contribution in [2.75, 3.05) is 0 Å². The Labute approximate surface area is 176 Å². The number of nitrogens with zero attached hydrogens (tertiary/aromatic N) is 1. The standard InChI is InChI=1S/C25H25NO4/c27-24(30-19-22-14-8-3-9-15-22)16-23(25(28)29)26(17-20-10-4-1-5-11-20)18-21-12-6-2-7-13-21/h1-15,23H,16-19H2,(H,28,29)/t23-/m0/s1. The van der Waals surface area contributed by atoms with Crippen molar-refractivity contribution in [1.29, 1.82) is 0 Å². The van der Waals surface area contributed by atoms with Crippen molar-refractivity contribution >= 4 is 11.9 Å². The molecule has 0 aliphatic heterocycles. The van der Waals surface area contributed by atoms with E-state index in [2.05, 4.69) is 0 Å². The van der Waals surface area contributed by atoms with Gasteiger partial charge in [0.05, 0.1) is 6.42 Å². The Morgan fingerprint density at radius 3 is 1.60 bits per heavy atom. The zero-order valence-electron chi connectivity index (χ0n) is 16.7. The van der Waals surface area contributed by atoms with Crippen molar-refractivity contribution in [3.63, 3.8) is 0 Å². The molecule has 1 N–H and O–H groups in total. The average molecular weight is 403 g/mol. The maximum Gasteiger partial charge on any atom is 0.321 e. The van der Waals surface area contributed by atoms with Crippen molar-refractivity contribution in [3.05, 3.63) is 108 Å². The molecule has 0 radical (unpaired) electrons. The van der Waals surface area contributed by atoms with Crippen molar-refractivity contribution in [3.8, 4) is 0 Å². The lowest BCUT2D eigenvalue weighted by atomic mass is 10.1. The summed E-state index contributed by atoms with van der Waals surface area (Å²) >= 11 is 0. The number of carboxylic acids is 1. The molecule has 154 valence electrons.